The van der Waals surface area contributed by atoms with Crippen LogP contribution in [0.2, 0.25) is 0 Å². The number of rotatable bonds is 10. The van der Waals surface area contributed by atoms with E-state index < -0.39 is 86.7 Å². The van der Waals surface area contributed by atoms with Gasteiger partial charge in [-0.3, -0.25) is 14.4 Å². The zero-order chi connectivity index (χ0) is 39.4. The predicted molar refractivity (Wildman–Crippen MR) is 205 cm³/mol. The molecule has 0 amide bonds. The van der Waals surface area contributed by atoms with Gasteiger partial charge in [0.25, 0.3) is 0 Å². The first-order valence-electron chi connectivity index (χ1n) is 18.9. The highest BCUT2D eigenvalue weighted by molar-refractivity contribution is 8.13. The standard InChI is InChI=1S/C45H47F3O6S/c1-28-22-34-35-25-37(47)36-24-33(49)20-21-41(36,3)44(35,48)38(50)26-42(34,4)45(28,40(52)55-27-46)54-39(51)23-29(2)53-43(30-14-8-5-9-15-30,31-16-10-6-11-17-31)32-18-12-7-13-19-32/h5-21,24,28-29,34-35,37-38,50H,22-23,25-27H2,1-4H3/t28-,29-,34+,35+,37+,38+,41+,42+,44+,45+/m1/s1. The number of aliphatic hydroxyl groups excluding tert-OH is 1. The van der Waals surface area contributed by atoms with E-state index >= 15 is 8.78 Å². The minimum Gasteiger partial charge on any atom is -0.449 e. The van der Waals surface area contributed by atoms with Gasteiger partial charge in [0.1, 0.15) is 17.8 Å². The number of alkyl halides is 3. The van der Waals surface area contributed by atoms with E-state index in [-0.39, 0.29) is 31.3 Å². The number of aliphatic hydroxyl groups is 1. The van der Waals surface area contributed by atoms with Crippen molar-refractivity contribution < 1.29 is 42.1 Å². The quantitative estimate of drug-likeness (QED) is 0.163. The maximum atomic E-state index is 17.9. The molecule has 3 aromatic rings. The van der Waals surface area contributed by atoms with Crippen molar-refractivity contribution in [3.63, 3.8) is 0 Å². The molecule has 0 spiro atoms. The molecule has 3 saturated carbocycles. The molecule has 10 heteroatoms. The van der Waals surface area contributed by atoms with Gasteiger partial charge in [0, 0.05) is 22.7 Å². The Morgan fingerprint density at radius 3 is 2.00 bits per heavy atom. The summed E-state index contributed by atoms with van der Waals surface area (Å²) < 4.78 is 61.4. The van der Waals surface area contributed by atoms with E-state index in [1.807, 2.05) is 91.0 Å². The maximum absolute atomic E-state index is 17.9. The SMILES string of the molecule is C[C@H](CC(=O)O[C@]1(C(=O)SCF)[C@H](C)C[C@H]2[C@@H]3C[C@H](F)C4=CC(=O)C=C[C@]4(C)[C@@]3(F)[C@@H](O)C[C@@]21C)OC(c1ccccc1)(c1ccccc1)c1ccccc1. The molecule has 0 radical (unpaired) electrons. The number of fused-ring (bicyclic) bond motifs is 5. The zero-order valence-electron chi connectivity index (χ0n) is 31.4. The van der Waals surface area contributed by atoms with Crippen LogP contribution in [-0.4, -0.2) is 57.6 Å². The monoisotopic (exact) mass is 772 g/mol. The second kappa shape index (κ2) is 14.5. The van der Waals surface area contributed by atoms with Crippen LogP contribution >= 0.6 is 11.8 Å². The van der Waals surface area contributed by atoms with Gasteiger partial charge in [-0.1, -0.05) is 111 Å². The van der Waals surface area contributed by atoms with Crippen LogP contribution in [-0.2, 0) is 29.5 Å². The molecule has 4 aliphatic rings. The Morgan fingerprint density at radius 2 is 1.47 bits per heavy atom. The van der Waals surface area contributed by atoms with Crippen molar-refractivity contribution in [1.29, 1.82) is 0 Å². The Balaban J connectivity index is 1.24. The molecule has 0 bridgehead atoms. The summed E-state index contributed by atoms with van der Waals surface area (Å²) in [6, 6.07) is 27.9. The van der Waals surface area contributed by atoms with Crippen LogP contribution in [0.4, 0.5) is 13.2 Å². The zero-order valence-corrected chi connectivity index (χ0v) is 32.2. The molecule has 1 N–H and O–H groups in total. The summed E-state index contributed by atoms with van der Waals surface area (Å²) >= 11 is 0.375. The molecule has 6 nitrogen and oxygen atoms in total. The summed E-state index contributed by atoms with van der Waals surface area (Å²) in [5.41, 5.74) is -6.06. The molecule has 3 fully saturated rings. The van der Waals surface area contributed by atoms with Crippen molar-refractivity contribution in [3.05, 3.63) is 131 Å². The van der Waals surface area contributed by atoms with Gasteiger partial charge in [0.05, 0.1) is 18.6 Å². The molecule has 10 atom stereocenters. The fraction of sp³-hybridized carbons (Fsp3) is 0.444. The van der Waals surface area contributed by atoms with E-state index in [0.29, 0.717) is 11.8 Å². The van der Waals surface area contributed by atoms with E-state index in [1.54, 1.807) is 20.8 Å². The van der Waals surface area contributed by atoms with Crippen molar-refractivity contribution in [3.8, 4) is 0 Å². The second-order valence-electron chi connectivity index (χ2n) is 16.2. The lowest BCUT2D eigenvalue weighted by Gasteiger charge is -2.63. The largest absolute Gasteiger partial charge is 0.449 e. The van der Waals surface area contributed by atoms with Gasteiger partial charge >= 0.3 is 5.97 Å². The number of esters is 1. The third-order valence-electron chi connectivity index (χ3n) is 13.3. The van der Waals surface area contributed by atoms with Crippen LogP contribution in [0.15, 0.2) is 115 Å². The number of carbonyl (C=O) groups excluding carboxylic acids is 3. The van der Waals surface area contributed by atoms with E-state index in [9.17, 15) is 23.9 Å². The fourth-order valence-electron chi connectivity index (χ4n) is 10.9. The average molecular weight is 773 g/mol. The van der Waals surface area contributed by atoms with Gasteiger partial charge in [0.15, 0.2) is 17.1 Å². The summed E-state index contributed by atoms with van der Waals surface area (Å²) in [6.45, 7) is 6.65. The third kappa shape index (κ3) is 5.88. The summed E-state index contributed by atoms with van der Waals surface area (Å²) in [7, 11) is 0. The van der Waals surface area contributed by atoms with Gasteiger partial charge < -0.3 is 14.6 Å². The summed E-state index contributed by atoms with van der Waals surface area (Å²) in [4.78, 5) is 40.9. The molecule has 0 saturated heterocycles. The maximum Gasteiger partial charge on any atom is 0.309 e. The predicted octanol–water partition coefficient (Wildman–Crippen LogP) is 8.81. The van der Waals surface area contributed by atoms with Crippen molar-refractivity contribution >= 4 is 28.6 Å². The smallest absolute Gasteiger partial charge is 0.309 e. The molecule has 7 rings (SSSR count). The second-order valence-corrected chi connectivity index (χ2v) is 17.0. The molecule has 3 aromatic carbocycles. The third-order valence-corrected chi connectivity index (χ3v) is 14.0. The minimum absolute atomic E-state index is 0.0132. The topological polar surface area (TPSA) is 89.9 Å². The number of thioether (sulfide) groups is 1. The van der Waals surface area contributed by atoms with Gasteiger partial charge in [0.2, 0.25) is 5.12 Å². The van der Waals surface area contributed by atoms with E-state index in [4.69, 9.17) is 9.47 Å². The number of allylic oxidation sites excluding steroid dienone is 4. The Hall–Kier alpha value is -3.99. The number of carbonyl (C=O) groups is 3. The molecule has 0 heterocycles. The molecule has 290 valence electrons. The molecule has 0 unspecified atom stereocenters. The highest BCUT2D eigenvalue weighted by Crippen LogP contribution is 2.72. The van der Waals surface area contributed by atoms with E-state index in [0.717, 1.165) is 22.8 Å². The number of ether oxygens (including phenoxy) is 2. The van der Waals surface area contributed by atoms with Crippen molar-refractivity contribution in [1.82, 2.24) is 0 Å². The number of halogens is 3. The Morgan fingerprint density at radius 1 is 0.927 bits per heavy atom. The van der Waals surface area contributed by atoms with Gasteiger partial charge in [-0.25, -0.2) is 13.2 Å². The molecule has 0 aromatic heterocycles. The molecule has 55 heavy (non-hydrogen) atoms. The number of hydrogen-bond donors (Lipinski definition) is 1. The van der Waals surface area contributed by atoms with E-state index in [2.05, 4.69) is 0 Å². The number of hydrogen-bond acceptors (Lipinski definition) is 7. The van der Waals surface area contributed by atoms with Gasteiger partial charge in [-0.05, 0) is 85.2 Å². The lowest BCUT2D eigenvalue weighted by molar-refractivity contribution is -0.229. The highest BCUT2D eigenvalue weighted by Gasteiger charge is 2.78. The normalized spacial score (nSPS) is 34.5. The van der Waals surface area contributed by atoms with Crippen LogP contribution in [0.3, 0.4) is 0 Å². The van der Waals surface area contributed by atoms with Crippen LogP contribution in [0.25, 0.3) is 0 Å². The van der Waals surface area contributed by atoms with Crippen molar-refractivity contribution in [2.24, 2.45) is 28.6 Å². The van der Waals surface area contributed by atoms with Crippen LogP contribution in [0.5, 0.6) is 0 Å². The molecular weight excluding hydrogens is 726 g/mol. The summed E-state index contributed by atoms with van der Waals surface area (Å²) in [6.07, 6.45) is -1.28. The van der Waals surface area contributed by atoms with Crippen LogP contribution in [0, 0.1) is 28.6 Å². The lowest BCUT2D eigenvalue weighted by Crippen LogP contribution is -2.70. The van der Waals surface area contributed by atoms with Crippen molar-refractivity contribution in [2.45, 2.75) is 88.6 Å². The van der Waals surface area contributed by atoms with Gasteiger partial charge in [-0.15, -0.1) is 0 Å². The molecular formula is C45H47F3O6S. The van der Waals surface area contributed by atoms with Crippen molar-refractivity contribution in [2.75, 3.05) is 6.01 Å². The first-order valence-corrected chi connectivity index (χ1v) is 19.9. The lowest BCUT2D eigenvalue weighted by atomic mass is 9.44. The first-order chi connectivity index (χ1) is 26.2. The number of ketones is 1. The summed E-state index contributed by atoms with van der Waals surface area (Å²) in [5.74, 6) is -3.79. The first kappa shape index (κ1) is 39.3. The molecule has 4 aliphatic carbocycles. The molecule has 0 aliphatic heterocycles. The number of benzene rings is 3. The van der Waals surface area contributed by atoms with Crippen LogP contribution < -0.4 is 0 Å². The Labute approximate surface area is 324 Å². The minimum atomic E-state index is -2.39. The Kier molecular flexibility index (Phi) is 10.4. The Bertz CT molecular complexity index is 1900. The summed E-state index contributed by atoms with van der Waals surface area (Å²) in [5, 5.41) is 11.2. The average Bonchev–Trinajstić information content (AvgIpc) is 3.39. The van der Waals surface area contributed by atoms with E-state index in [1.165, 1.54) is 19.1 Å². The van der Waals surface area contributed by atoms with Crippen LogP contribution in [0.1, 0.15) is 70.1 Å². The fourth-order valence-corrected chi connectivity index (χ4v) is 11.7. The highest BCUT2D eigenvalue weighted by atomic mass is 32.2. The van der Waals surface area contributed by atoms with Gasteiger partial charge in [-0.2, -0.15) is 0 Å².